The van der Waals surface area contributed by atoms with E-state index >= 15 is 0 Å². The maximum Gasteiger partial charge on any atom is 0.330 e. The van der Waals surface area contributed by atoms with Crippen LogP contribution < -0.4 is 5.32 Å². The van der Waals surface area contributed by atoms with Crippen molar-refractivity contribution in [3.8, 4) is 5.69 Å². The first-order chi connectivity index (χ1) is 12.1. The van der Waals surface area contributed by atoms with Crippen molar-refractivity contribution < 1.29 is 14.3 Å². The maximum atomic E-state index is 12.4. The van der Waals surface area contributed by atoms with Gasteiger partial charge in [0.05, 0.1) is 35.0 Å². The summed E-state index contributed by atoms with van der Waals surface area (Å²) in [5, 5.41) is 8.07. The third-order valence-electron chi connectivity index (χ3n) is 4.07. The van der Waals surface area contributed by atoms with E-state index < -0.39 is 11.5 Å². The van der Waals surface area contributed by atoms with Gasteiger partial charge in [-0.25, -0.2) is 9.48 Å². The summed E-state index contributed by atoms with van der Waals surface area (Å²) in [4.78, 5) is 24.1. The summed E-state index contributed by atoms with van der Waals surface area (Å²) in [6.45, 7) is 6.89. The molecule has 0 atom stereocenters. The highest BCUT2D eigenvalue weighted by Crippen LogP contribution is 2.26. The molecule has 0 aliphatic heterocycles. The minimum absolute atomic E-state index is 0.0966. The first kappa shape index (κ1) is 20.3. The second kappa shape index (κ2) is 7.68. The van der Waals surface area contributed by atoms with Gasteiger partial charge in [0.15, 0.2) is 0 Å². The molecule has 2 aromatic rings. The van der Waals surface area contributed by atoms with E-state index in [1.54, 1.807) is 36.7 Å². The molecule has 0 radical (unpaired) electrons. The average Bonchev–Trinajstić information content (AvgIpc) is 2.84. The normalized spacial score (nSPS) is 11.3. The molecule has 2 rings (SSSR count). The number of halogens is 2. The quantitative estimate of drug-likeness (QED) is 0.784. The largest absolute Gasteiger partial charge is 0.467 e. The number of hydrogen-bond donors (Lipinski definition) is 1. The number of carbonyl (C=O) groups excluding carboxylic acids is 2. The lowest BCUT2D eigenvalue weighted by molar-refractivity contribution is -0.149. The van der Waals surface area contributed by atoms with Crippen LogP contribution in [0.2, 0.25) is 10.0 Å². The molecule has 0 bridgehead atoms. The number of benzene rings is 1. The van der Waals surface area contributed by atoms with Crippen molar-refractivity contribution in [1.29, 1.82) is 0 Å². The topological polar surface area (TPSA) is 73.2 Å². The van der Waals surface area contributed by atoms with Crippen molar-refractivity contribution in [2.45, 2.75) is 39.7 Å². The van der Waals surface area contributed by atoms with Crippen molar-refractivity contribution in [3.05, 3.63) is 45.2 Å². The molecule has 0 unspecified atom stereocenters. The van der Waals surface area contributed by atoms with Crippen molar-refractivity contribution in [2.75, 3.05) is 7.11 Å². The van der Waals surface area contributed by atoms with E-state index in [2.05, 4.69) is 10.4 Å². The highest BCUT2D eigenvalue weighted by molar-refractivity contribution is 6.42. The number of amides is 1. The van der Waals surface area contributed by atoms with Gasteiger partial charge >= 0.3 is 5.97 Å². The molecule has 1 heterocycles. The van der Waals surface area contributed by atoms with Gasteiger partial charge in [-0.05, 0) is 45.9 Å². The lowest BCUT2D eigenvalue weighted by Gasteiger charge is -2.23. The van der Waals surface area contributed by atoms with Crippen LogP contribution in [-0.2, 0) is 20.7 Å². The van der Waals surface area contributed by atoms with Gasteiger partial charge in [-0.3, -0.25) is 4.79 Å². The van der Waals surface area contributed by atoms with Crippen molar-refractivity contribution in [1.82, 2.24) is 15.1 Å². The van der Waals surface area contributed by atoms with Gasteiger partial charge in [-0.15, -0.1) is 0 Å². The van der Waals surface area contributed by atoms with Crippen molar-refractivity contribution in [2.24, 2.45) is 0 Å². The Morgan fingerprint density at radius 3 is 2.46 bits per heavy atom. The van der Waals surface area contributed by atoms with Crippen LogP contribution in [0, 0.1) is 13.8 Å². The van der Waals surface area contributed by atoms with Gasteiger partial charge in [0, 0.05) is 11.3 Å². The zero-order valence-corrected chi connectivity index (χ0v) is 16.8. The Kier molecular flexibility index (Phi) is 5.98. The smallest absolute Gasteiger partial charge is 0.330 e. The zero-order valence-electron chi connectivity index (χ0n) is 15.3. The van der Waals surface area contributed by atoms with E-state index in [1.807, 2.05) is 13.8 Å². The summed E-state index contributed by atoms with van der Waals surface area (Å²) in [6, 6.07) is 5.21. The fourth-order valence-electron chi connectivity index (χ4n) is 2.66. The van der Waals surface area contributed by atoms with Crippen LogP contribution in [0.25, 0.3) is 5.69 Å². The average molecular weight is 398 g/mol. The van der Waals surface area contributed by atoms with E-state index in [1.165, 1.54) is 7.11 Å². The van der Waals surface area contributed by atoms with E-state index in [0.717, 1.165) is 22.6 Å². The Balaban J connectivity index is 2.26. The fraction of sp³-hybridized carbons (Fsp3) is 0.389. The molecule has 0 aliphatic carbocycles. The molecule has 1 aromatic carbocycles. The number of nitrogens with one attached hydrogen (secondary N) is 1. The molecule has 1 amide bonds. The van der Waals surface area contributed by atoms with Crippen LogP contribution in [-0.4, -0.2) is 34.3 Å². The number of carbonyl (C=O) groups is 2. The summed E-state index contributed by atoms with van der Waals surface area (Å²) < 4.78 is 6.42. The molecule has 0 saturated heterocycles. The van der Waals surface area contributed by atoms with Crippen molar-refractivity contribution >= 4 is 35.1 Å². The molecule has 1 aromatic heterocycles. The SMILES string of the molecule is COC(=O)C(C)(C)NC(=O)Cc1c(C)nn(-c2ccc(Cl)c(Cl)c2)c1C. The summed E-state index contributed by atoms with van der Waals surface area (Å²) >= 11 is 12.0. The first-order valence-electron chi connectivity index (χ1n) is 7.96. The lowest BCUT2D eigenvalue weighted by atomic mass is 10.0. The third kappa shape index (κ3) is 4.19. The molecule has 26 heavy (non-hydrogen) atoms. The Labute approximate surface area is 162 Å². The molecular weight excluding hydrogens is 377 g/mol. The number of methoxy groups -OCH3 is 1. The number of hydrogen-bond acceptors (Lipinski definition) is 4. The molecule has 0 spiro atoms. The van der Waals surface area contributed by atoms with Gasteiger partial charge in [0.1, 0.15) is 5.54 Å². The van der Waals surface area contributed by atoms with Gasteiger partial charge in [0.25, 0.3) is 0 Å². The molecule has 1 N–H and O–H groups in total. The molecule has 0 fully saturated rings. The molecule has 0 saturated carbocycles. The number of ether oxygens (including phenoxy) is 1. The molecule has 140 valence electrons. The van der Waals surface area contributed by atoms with E-state index in [4.69, 9.17) is 27.9 Å². The lowest BCUT2D eigenvalue weighted by Crippen LogP contribution is -2.50. The number of aryl methyl sites for hydroxylation is 1. The van der Waals surface area contributed by atoms with Crippen LogP contribution in [0.15, 0.2) is 18.2 Å². The minimum atomic E-state index is -1.10. The predicted octanol–water partition coefficient (Wildman–Crippen LogP) is 3.41. The summed E-state index contributed by atoms with van der Waals surface area (Å²) in [6.07, 6.45) is 0.0966. The van der Waals surface area contributed by atoms with E-state index in [9.17, 15) is 9.59 Å². The second-order valence-electron chi connectivity index (χ2n) is 6.50. The summed E-state index contributed by atoms with van der Waals surface area (Å²) in [7, 11) is 1.28. The third-order valence-corrected chi connectivity index (χ3v) is 4.81. The van der Waals surface area contributed by atoms with Gasteiger partial charge in [-0.1, -0.05) is 23.2 Å². The number of rotatable bonds is 5. The molecule has 8 heteroatoms. The summed E-state index contributed by atoms with van der Waals surface area (Å²) in [5.41, 5.74) is 1.97. The Morgan fingerprint density at radius 2 is 1.88 bits per heavy atom. The van der Waals surface area contributed by atoms with Crippen LogP contribution >= 0.6 is 23.2 Å². The molecule has 6 nitrogen and oxygen atoms in total. The molecular formula is C18H21Cl2N3O3. The van der Waals surface area contributed by atoms with Crippen LogP contribution in [0.1, 0.15) is 30.8 Å². The number of aromatic nitrogens is 2. The highest BCUT2D eigenvalue weighted by atomic mass is 35.5. The molecule has 0 aliphatic rings. The van der Waals surface area contributed by atoms with E-state index in [0.29, 0.717) is 10.0 Å². The summed E-state index contributed by atoms with van der Waals surface area (Å²) in [5.74, 6) is -0.800. The standard InChI is InChI=1S/C18H21Cl2N3O3/c1-10-13(9-16(24)21-18(3,4)17(25)26-5)11(2)23(22-10)12-6-7-14(19)15(20)8-12/h6-8H,9H2,1-5H3,(H,21,24). The van der Waals surface area contributed by atoms with Gasteiger partial charge in [-0.2, -0.15) is 5.10 Å². The maximum absolute atomic E-state index is 12.4. The van der Waals surface area contributed by atoms with Crippen LogP contribution in [0.5, 0.6) is 0 Å². The van der Waals surface area contributed by atoms with Gasteiger partial charge < -0.3 is 10.1 Å². The first-order valence-corrected chi connectivity index (χ1v) is 8.72. The Morgan fingerprint density at radius 1 is 1.23 bits per heavy atom. The Hall–Kier alpha value is -2.05. The zero-order chi connectivity index (χ0) is 19.6. The second-order valence-corrected chi connectivity index (χ2v) is 7.32. The van der Waals surface area contributed by atoms with E-state index in [-0.39, 0.29) is 12.3 Å². The van der Waals surface area contributed by atoms with Gasteiger partial charge in [0.2, 0.25) is 5.91 Å². The minimum Gasteiger partial charge on any atom is -0.467 e. The van der Waals surface area contributed by atoms with Crippen molar-refractivity contribution in [3.63, 3.8) is 0 Å². The monoisotopic (exact) mass is 397 g/mol. The number of esters is 1. The number of nitrogens with zero attached hydrogens (tertiary/aromatic N) is 2. The highest BCUT2D eigenvalue weighted by Gasteiger charge is 2.31. The van der Waals surface area contributed by atoms with Crippen LogP contribution in [0.3, 0.4) is 0 Å². The van der Waals surface area contributed by atoms with Crippen LogP contribution in [0.4, 0.5) is 0 Å². The Bertz CT molecular complexity index is 860. The fourth-order valence-corrected chi connectivity index (χ4v) is 2.95. The predicted molar refractivity (Wildman–Crippen MR) is 101 cm³/mol.